The zero-order valence-electron chi connectivity index (χ0n) is 39.8. The SMILES string of the molecule is C=Cc1c(C)c2cc3nc(c(C)c4nc(cc5[nH]c(cc1[nH]2)c(C)c5CC)C(C)=C4)C(CCC(=O)N(C)CCCS[C@@H]1O[C@H](COC(C)=O)[C@@H](OC(C)=O)[C@H](OC(C)=O)[C@@H]1OC(C)=O)=C3C. The summed E-state index contributed by atoms with van der Waals surface area (Å²) in [5, 5.41) is 0. The van der Waals surface area contributed by atoms with Crippen LogP contribution in [0.25, 0.3) is 50.9 Å². The Morgan fingerprint density at radius 1 is 0.803 bits per heavy atom. The summed E-state index contributed by atoms with van der Waals surface area (Å²) >= 11 is 1.28. The molecule has 1 fully saturated rings. The topological polar surface area (TPSA) is 192 Å². The number of H-pyrrole nitrogens is 2. The van der Waals surface area contributed by atoms with Crippen LogP contribution in [0.4, 0.5) is 0 Å². The highest BCUT2D eigenvalue weighted by molar-refractivity contribution is 7.99. The van der Waals surface area contributed by atoms with E-state index in [1.807, 2.05) is 13.0 Å². The first-order valence-electron chi connectivity index (χ1n) is 22.2. The zero-order valence-corrected chi connectivity index (χ0v) is 40.6. The van der Waals surface area contributed by atoms with Gasteiger partial charge in [-0.2, -0.15) is 0 Å². The molecular weight excluding hydrogens is 863 g/mol. The van der Waals surface area contributed by atoms with E-state index in [4.69, 9.17) is 33.7 Å². The van der Waals surface area contributed by atoms with E-state index in [1.54, 1.807) is 11.9 Å². The van der Waals surface area contributed by atoms with Gasteiger partial charge in [0.1, 0.15) is 18.1 Å². The summed E-state index contributed by atoms with van der Waals surface area (Å²) in [6, 6.07) is 6.35. The predicted octanol–water partition coefficient (Wildman–Crippen LogP) is 8.38. The third-order valence-electron chi connectivity index (χ3n) is 12.2. The maximum Gasteiger partial charge on any atom is 0.303 e. The van der Waals surface area contributed by atoms with Crippen LogP contribution in [-0.4, -0.2) is 110 Å². The molecular formula is C50H61N5O10S. The molecule has 0 aromatic carbocycles. The number of aryl methyl sites for hydroxylation is 3. The Morgan fingerprint density at radius 2 is 1.44 bits per heavy atom. The summed E-state index contributed by atoms with van der Waals surface area (Å²) in [5.74, 6) is -2.26. The fraction of sp³-hybridized carbons (Fsp3) is 0.460. The highest BCUT2D eigenvalue weighted by Crippen LogP contribution is 2.38. The van der Waals surface area contributed by atoms with Crippen LogP contribution in [-0.2, 0) is 54.1 Å². The summed E-state index contributed by atoms with van der Waals surface area (Å²) in [6.07, 6.45) is 1.39. The Bertz CT molecular complexity index is 2680. The first-order valence-corrected chi connectivity index (χ1v) is 23.3. The third kappa shape index (κ3) is 11.0. The molecule has 15 nitrogen and oxygen atoms in total. The molecule has 0 radical (unpaired) electrons. The van der Waals surface area contributed by atoms with Crippen LogP contribution < -0.4 is 0 Å². The van der Waals surface area contributed by atoms with Crippen molar-refractivity contribution in [1.82, 2.24) is 24.8 Å². The number of fused-ring (bicyclic) bond motifs is 8. The van der Waals surface area contributed by atoms with Crippen molar-refractivity contribution in [3.8, 4) is 0 Å². The van der Waals surface area contributed by atoms with Gasteiger partial charge >= 0.3 is 23.9 Å². The van der Waals surface area contributed by atoms with Crippen LogP contribution in [0.2, 0.25) is 0 Å². The largest absolute Gasteiger partial charge is 0.463 e. The van der Waals surface area contributed by atoms with Crippen LogP contribution in [0.1, 0.15) is 118 Å². The van der Waals surface area contributed by atoms with Gasteiger partial charge in [-0.05, 0) is 117 Å². The minimum atomic E-state index is -1.24. The molecule has 0 unspecified atom stereocenters. The molecule has 3 aliphatic heterocycles. The number of hydrogen-bond acceptors (Lipinski definition) is 13. The monoisotopic (exact) mass is 923 g/mol. The van der Waals surface area contributed by atoms with E-state index in [1.165, 1.54) is 50.6 Å². The van der Waals surface area contributed by atoms with Crippen LogP contribution in [0.3, 0.4) is 0 Å². The molecule has 0 aliphatic carbocycles. The van der Waals surface area contributed by atoms with Gasteiger partial charge in [0.25, 0.3) is 0 Å². The molecule has 352 valence electrons. The van der Waals surface area contributed by atoms with Crippen molar-refractivity contribution in [3.63, 3.8) is 0 Å². The molecule has 1 saturated heterocycles. The second kappa shape index (κ2) is 21.1. The van der Waals surface area contributed by atoms with Crippen LogP contribution in [0, 0.1) is 20.8 Å². The Kier molecular flexibility index (Phi) is 15.8. The second-order valence-electron chi connectivity index (χ2n) is 16.9. The number of nitrogens with one attached hydrogen (secondary N) is 2. The molecule has 3 aromatic rings. The average molecular weight is 924 g/mol. The fourth-order valence-corrected chi connectivity index (χ4v) is 9.86. The van der Waals surface area contributed by atoms with Gasteiger partial charge in [0, 0.05) is 80.9 Å². The number of esters is 4. The standard InChI is InChI=1S/C50H61N5O10S/c1-13-34-27(5)40-23-43-35(14-2)26(4)39(52-43)22-41-28(6)36(46(54-41)29(7)38-20-25(3)37(51-38)21-42(34)53-40)16-17-45(60)55(12)18-15-19-66-50-49(64-33(11)59)48(63-32(10)58)47(62-31(9)57)44(65-50)24-61-30(8)56/h14,20-23,44,47-50,52-53H,2,13,15-19,24H2,1,3-12H3/t44-,47-,48+,49+,50+/m1/s1. The number of aromatic amines is 2. The normalized spacial score (nSPS) is 19.2. The molecule has 6 rings (SSSR count). The Balaban J connectivity index is 1.23. The molecule has 0 spiro atoms. The van der Waals surface area contributed by atoms with E-state index in [0.717, 1.165) is 84.7 Å². The van der Waals surface area contributed by atoms with Crippen molar-refractivity contribution in [2.24, 2.45) is 0 Å². The molecule has 3 aromatic heterocycles. The molecule has 2 N–H and O–H groups in total. The van der Waals surface area contributed by atoms with Crippen molar-refractivity contribution in [3.05, 3.63) is 75.4 Å². The fourth-order valence-electron chi connectivity index (χ4n) is 8.72. The summed E-state index contributed by atoms with van der Waals surface area (Å²) in [4.78, 5) is 81.5. The number of amides is 1. The van der Waals surface area contributed by atoms with Crippen molar-refractivity contribution in [1.29, 1.82) is 0 Å². The molecule has 5 atom stereocenters. The smallest absolute Gasteiger partial charge is 0.303 e. The summed E-state index contributed by atoms with van der Waals surface area (Å²) < 4.78 is 28.1. The molecule has 6 heterocycles. The van der Waals surface area contributed by atoms with Crippen LogP contribution in [0.5, 0.6) is 0 Å². The first-order chi connectivity index (χ1) is 31.3. The highest BCUT2D eigenvalue weighted by atomic mass is 32.2. The molecule has 1 amide bonds. The number of thioether (sulfide) groups is 1. The third-order valence-corrected chi connectivity index (χ3v) is 13.4. The number of hydrogen-bond donors (Lipinski definition) is 2. The van der Waals surface area contributed by atoms with Crippen molar-refractivity contribution < 1.29 is 47.7 Å². The minimum Gasteiger partial charge on any atom is -0.463 e. The van der Waals surface area contributed by atoms with Gasteiger partial charge in [0.2, 0.25) is 5.91 Å². The number of rotatable bonds is 15. The Morgan fingerprint density at radius 3 is 2.09 bits per heavy atom. The molecule has 3 aliphatic rings. The van der Waals surface area contributed by atoms with E-state index in [-0.39, 0.29) is 18.9 Å². The number of allylic oxidation sites excluding steroid dienone is 3. The number of nitrogens with zero attached hydrogens (tertiary/aromatic N) is 3. The minimum absolute atomic E-state index is 0.0530. The van der Waals surface area contributed by atoms with Gasteiger partial charge in [-0.25, -0.2) is 9.97 Å². The van der Waals surface area contributed by atoms with Gasteiger partial charge < -0.3 is 38.6 Å². The molecule has 0 saturated carbocycles. The lowest BCUT2D eigenvalue weighted by Gasteiger charge is -2.44. The van der Waals surface area contributed by atoms with E-state index >= 15 is 0 Å². The number of carbonyl (C=O) groups excluding carboxylic acids is 5. The lowest BCUT2D eigenvalue weighted by atomic mass is 9.98. The first kappa shape index (κ1) is 49.4. The average Bonchev–Trinajstić information content (AvgIpc) is 3.96. The van der Waals surface area contributed by atoms with Gasteiger partial charge in [0.15, 0.2) is 18.3 Å². The van der Waals surface area contributed by atoms with E-state index in [0.29, 0.717) is 25.1 Å². The molecule has 66 heavy (non-hydrogen) atoms. The summed E-state index contributed by atoms with van der Waals surface area (Å²) in [5.41, 5.74) is 14.8. The van der Waals surface area contributed by atoms with Crippen LogP contribution >= 0.6 is 11.8 Å². The Hall–Kier alpha value is -6.00. The molecule has 16 heteroatoms. The van der Waals surface area contributed by atoms with Crippen LogP contribution in [0.15, 0.2) is 24.8 Å². The summed E-state index contributed by atoms with van der Waals surface area (Å²) in [6.45, 7) is 21.6. The van der Waals surface area contributed by atoms with Gasteiger partial charge in [-0.15, -0.1) is 11.8 Å². The second-order valence-corrected chi connectivity index (χ2v) is 18.1. The highest BCUT2D eigenvalue weighted by Gasteiger charge is 2.52. The van der Waals surface area contributed by atoms with Crippen molar-refractivity contribution >= 4 is 92.5 Å². The lowest BCUT2D eigenvalue weighted by molar-refractivity contribution is -0.237. The van der Waals surface area contributed by atoms with Crippen molar-refractivity contribution in [2.75, 3.05) is 26.0 Å². The molecule has 8 bridgehead atoms. The van der Waals surface area contributed by atoms with Gasteiger partial charge in [-0.3, -0.25) is 24.0 Å². The van der Waals surface area contributed by atoms with Crippen molar-refractivity contribution in [2.45, 2.75) is 125 Å². The van der Waals surface area contributed by atoms with Gasteiger partial charge in [0.05, 0.1) is 22.8 Å². The Labute approximate surface area is 389 Å². The lowest BCUT2D eigenvalue weighted by Crippen LogP contribution is -2.61. The van der Waals surface area contributed by atoms with E-state index in [9.17, 15) is 24.0 Å². The quantitative estimate of drug-likeness (QED) is 0.0840. The number of carbonyl (C=O) groups is 5. The summed E-state index contributed by atoms with van der Waals surface area (Å²) in [7, 11) is 1.76. The predicted molar refractivity (Wildman–Crippen MR) is 257 cm³/mol. The van der Waals surface area contributed by atoms with Gasteiger partial charge in [-0.1, -0.05) is 19.6 Å². The maximum atomic E-state index is 13.8. The zero-order chi connectivity index (χ0) is 48.1. The van der Waals surface area contributed by atoms with E-state index < -0.39 is 53.7 Å². The number of aromatic nitrogens is 4. The maximum absolute atomic E-state index is 13.8. The van der Waals surface area contributed by atoms with E-state index in [2.05, 4.69) is 75.4 Å². The number of ether oxygens (including phenoxy) is 5.